The molecule has 1 amide bonds. The number of aromatic nitrogens is 5. The fourth-order valence-electron chi connectivity index (χ4n) is 3.64. The van der Waals surface area contributed by atoms with Gasteiger partial charge in [0.15, 0.2) is 5.82 Å². The van der Waals surface area contributed by atoms with Gasteiger partial charge in [-0.25, -0.2) is 9.36 Å². The molecule has 0 spiro atoms. The highest BCUT2D eigenvalue weighted by molar-refractivity contribution is 6.05. The van der Waals surface area contributed by atoms with E-state index in [1.165, 1.54) is 10.7 Å². The normalized spacial score (nSPS) is 18.5. The monoisotopic (exact) mass is 402 g/mol. The molecule has 1 saturated heterocycles. The SMILES string of the molecule is O=C(NC1COCC1n1nc(-n2cccn2)ccc1=O)c1nccc2ccccc12. The van der Waals surface area contributed by atoms with Gasteiger partial charge in [-0.3, -0.25) is 14.6 Å². The number of hydrogen-bond acceptors (Lipinski definition) is 6. The van der Waals surface area contributed by atoms with Crippen molar-refractivity contribution in [2.45, 2.75) is 12.1 Å². The number of nitrogens with zero attached hydrogens (tertiary/aromatic N) is 5. The van der Waals surface area contributed by atoms with Crippen LogP contribution < -0.4 is 10.9 Å². The second kappa shape index (κ2) is 7.53. The standard InChI is InChI=1S/C21H18N6O3/c28-19-7-6-18(26-11-3-9-23-26)25-27(19)17-13-30-12-16(17)24-21(29)20-15-5-2-1-4-14(15)8-10-22-20/h1-11,16-17H,12-13H2,(H,24,29). The van der Waals surface area contributed by atoms with E-state index in [2.05, 4.69) is 20.5 Å². The molecular weight excluding hydrogens is 384 g/mol. The lowest BCUT2D eigenvalue weighted by molar-refractivity contribution is 0.0921. The Bertz CT molecular complexity index is 1260. The molecular formula is C21H18N6O3. The number of hydrogen-bond donors (Lipinski definition) is 1. The number of carbonyl (C=O) groups is 1. The highest BCUT2D eigenvalue weighted by Gasteiger charge is 2.33. The first-order valence-electron chi connectivity index (χ1n) is 9.53. The van der Waals surface area contributed by atoms with Gasteiger partial charge < -0.3 is 10.1 Å². The fraction of sp³-hybridized carbons (Fsp3) is 0.190. The Labute approximate surface area is 170 Å². The molecule has 150 valence electrons. The Kier molecular flexibility index (Phi) is 4.56. The van der Waals surface area contributed by atoms with Gasteiger partial charge in [-0.15, -0.1) is 5.10 Å². The highest BCUT2D eigenvalue weighted by atomic mass is 16.5. The van der Waals surface area contributed by atoms with Crippen LogP contribution >= 0.6 is 0 Å². The van der Waals surface area contributed by atoms with E-state index < -0.39 is 12.1 Å². The molecule has 5 rings (SSSR count). The lowest BCUT2D eigenvalue weighted by Gasteiger charge is -2.20. The van der Waals surface area contributed by atoms with Gasteiger partial charge in [0.1, 0.15) is 11.7 Å². The number of carbonyl (C=O) groups excluding carboxylic acids is 1. The van der Waals surface area contributed by atoms with Crippen LogP contribution in [0.3, 0.4) is 0 Å². The molecule has 0 aliphatic carbocycles. The predicted molar refractivity (Wildman–Crippen MR) is 108 cm³/mol. The zero-order valence-corrected chi connectivity index (χ0v) is 15.9. The molecule has 4 heterocycles. The Balaban J connectivity index is 1.44. The third-order valence-electron chi connectivity index (χ3n) is 5.12. The van der Waals surface area contributed by atoms with E-state index in [0.29, 0.717) is 11.5 Å². The van der Waals surface area contributed by atoms with Gasteiger partial charge in [-0.05, 0) is 23.6 Å². The molecule has 1 aliphatic rings. The number of amides is 1. The molecule has 30 heavy (non-hydrogen) atoms. The number of ether oxygens (including phenoxy) is 1. The van der Waals surface area contributed by atoms with E-state index in [-0.39, 0.29) is 24.7 Å². The topological polar surface area (TPSA) is 104 Å². The van der Waals surface area contributed by atoms with Crippen molar-refractivity contribution in [1.29, 1.82) is 0 Å². The van der Waals surface area contributed by atoms with Gasteiger partial charge in [0.2, 0.25) is 0 Å². The van der Waals surface area contributed by atoms with Crippen LogP contribution in [0.1, 0.15) is 16.5 Å². The Hall–Kier alpha value is -3.85. The maximum Gasteiger partial charge on any atom is 0.270 e. The second-order valence-electron chi connectivity index (χ2n) is 6.99. The lowest BCUT2D eigenvalue weighted by Crippen LogP contribution is -2.44. The van der Waals surface area contributed by atoms with Gasteiger partial charge in [0.25, 0.3) is 11.5 Å². The van der Waals surface area contributed by atoms with Crippen LogP contribution in [-0.4, -0.2) is 49.7 Å². The summed E-state index contributed by atoms with van der Waals surface area (Å²) in [6.07, 6.45) is 4.99. The van der Waals surface area contributed by atoms with Crippen LogP contribution in [0, 0.1) is 0 Å². The van der Waals surface area contributed by atoms with E-state index in [1.54, 1.807) is 35.4 Å². The summed E-state index contributed by atoms with van der Waals surface area (Å²) < 4.78 is 8.50. The van der Waals surface area contributed by atoms with Crippen molar-refractivity contribution in [2.24, 2.45) is 0 Å². The zero-order valence-electron chi connectivity index (χ0n) is 15.9. The third kappa shape index (κ3) is 3.25. The molecule has 2 unspecified atom stereocenters. The summed E-state index contributed by atoms with van der Waals surface area (Å²) in [6, 6.07) is 13.4. The summed E-state index contributed by atoms with van der Waals surface area (Å²) in [4.78, 5) is 29.7. The molecule has 9 nitrogen and oxygen atoms in total. The predicted octanol–water partition coefficient (Wildman–Crippen LogP) is 1.35. The maximum absolute atomic E-state index is 13.0. The summed E-state index contributed by atoms with van der Waals surface area (Å²) in [5, 5.41) is 13.3. The second-order valence-corrected chi connectivity index (χ2v) is 6.99. The fourth-order valence-corrected chi connectivity index (χ4v) is 3.64. The zero-order chi connectivity index (χ0) is 20.5. The average Bonchev–Trinajstić information content (AvgIpc) is 3.46. The van der Waals surface area contributed by atoms with Crippen LogP contribution in [0.15, 0.2) is 71.9 Å². The van der Waals surface area contributed by atoms with E-state index in [1.807, 2.05) is 30.3 Å². The Morgan fingerprint density at radius 1 is 1.07 bits per heavy atom. The van der Waals surface area contributed by atoms with Gasteiger partial charge in [-0.2, -0.15) is 5.10 Å². The Morgan fingerprint density at radius 2 is 1.97 bits per heavy atom. The molecule has 2 atom stereocenters. The molecule has 1 N–H and O–H groups in total. The molecule has 4 aromatic rings. The van der Waals surface area contributed by atoms with Crippen LogP contribution in [0.4, 0.5) is 0 Å². The molecule has 9 heteroatoms. The summed E-state index contributed by atoms with van der Waals surface area (Å²) >= 11 is 0. The van der Waals surface area contributed by atoms with Crippen molar-refractivity contribution < 1.29 is 9.53 Å². The molecule has 0 bridgehead atoms. The van der Waals surface area contributed by atoms with Crippen molar-refractivity contribution >= 4 is 16.7 Å². The van der Waals surface area contributed by atoms with Crippen molar-refractivity contribution in [3.05, 3.63) is 83.2 Å². The number of pyridine rings is 1. The number of benzene rings is 1. The minimum absolute atomic E-state index is 0.267. The first kappa shape index (κ1) is 18.2. The first-order valence-corrected chi connectivity index (χ1v) is 9.53. The molecule has 1 fully saturated rings. The van der Waals surface area contributed by atoms with Crippen molar-refractivity contribution in [2.75, 3.05) is 13.2 Å². The first-order chi connectivity index (χ1) is 14.7. The minimum atomic E-state index is -0.438. The molecule has 0 radical (unpaired) electrons. The van der Waals surface area contributed by atoms with E-state index in [4.69, 9.17) is 4.74 Å². The third-order valence-corrected chi connectivity index (χ3v) is 5.12. The van der Waals surface area contributed by atoms with Gasteiger partial charge in [0, 0.05) is 30.0 Å². The van der Waals surface area contributed by atoms with Crippen LogP contribution in [0.2, 0.25) is 0 Å². The summed E-state index contributed by atoms with van der Waals surface area (Å²) in [6.45, 7) is 0.546. The van der Waals surface area contributed by atoms with Crippen LogP contribution in [0.25, 0.3) is 16.6 Å². The van der Waals surface area contributed by atoms with Gasteiger partial charge >= 0.3 is 0 Å². The minimum Gasteiger partial charge on any atom is -0.377 e. The van der Waals surface area contributed by atoms with Crippen molar-refractivity contribution in [1.82, 2.24) is 29.9 Å². The maximum atomic E-state index is 13.0. The number of fused-ring (bicyclic) bond motifs is 1. The van der Waals surface area contributed by atoms with Crippen LogP contribution in [-0.2, 0) is 4.74 Å². The largest absolute Gasteiger partial charge is 0.377 e. The van der Waals surface area contributed by atoms with Crippen molar-refractivity contribution in [3.8, 4) is 5.82 Å². The summed E-state index contributed by atoms with van der Waals surface area (Å²) in [5.41, 5.74) is 0.0632. The van der Waals surface area contributed by atoms with Crippen LogP contribution in [0.5, 0.6) is 0 Å². The quantitative estimate of drug-likeness (QED) is 0.553. The highest BCUT2D eigenvalue weighted by Crippen LogP contribution is 2.20. The molecule has 1 aromatic carbocycles. The van der Waals surface area contributed by atoms with E-state index in [9.17, 15) is 9.59 Å². The van der Waals surface area contributed by atoms with Gasteiger partial charge in [-0.1, -0.05) is 24.3 Å². The Morgan fingerprint density at radius 3 is 2.83 bits per heavy atom. The average molecular weight is 402 g/mol. The molecule has 0 saturated carbocycles. The van der Waals surface area contributed by atoms with E-state index in [0.717, 1.165) is 10.8 Å². The number of nitrogens with one attached hydrogen (secondary N) is 1. The van der Waals surface area contributed by atoms with Gasteiger partial charge in [0.05, 0.1) is 19.3 Å². The molecule has 1 aliphatic heterocycles. The summed E-state index contributed by atoms with van der Waals surface area (Å²) in [7, 11) is 0. The molecule has 3 aromatic heterocycles. The lowest BCUT2D eigenvalue weighted by atomic mass is 10.1. The smallest absolute Gasteiger partial charge is 0.270 e. The summed E-state index contributed by atoms with van der Waals surface area (Å²) in [5.74, 6) is 0.191. The van der Waals surface area contributed by atoms with E-state index >= 15 is 0 Å². The van der Waals surface area contributed by atoms with Crippen molar-refractivity contribution in [3.63, 3.8) is 0 Å². The number of rotatable bonds is 4.